The third kappa shape index (κ3) is 3.63. The lowest BCUT2D eigenvalue weighted by atomic mass is 9.97. The van der Waals surface area contributed by atoms with Crippen LogP contribution in [0, 0.1) is 6.92 Å². The highest BCUT2D eigenvalue weighted by Crippen LogP contribution is 2.29. The number of nitrogens with zero attached hydrogens (tertiary/aromatic N) is 1. The Bertz CT molecular complexity index is 1140. The monoisotopic (exact) mass is 367 g/mol. The van der Waals surface area contributed by atoms with Gasteiger partial charge in [0, 0.05) is 23.5 Å². The van der Waals surface area contributed by atoms with E-state index in [9.17, 15) is 4.79 Å². The van der Waals surface area contributed by atoms with E-state index in [0.717, 1.165) is 38.7 Å². The van der Waals surface area contributed by atoms with Crippen molar-refractivity contribution in [2.75, 3.05) is 5.32 Å². The highest BCUT2D eigenvalue weighted by Gasteiger charge is 2.16. The molecule has 1 aromatic heterocycles. The molecule has 138 valence electrons. The highest BCUT2D eigenvalue weighted by molar-refractivity contribution is 5.96. The fraction of sp³-hybridized carbons (Fsp3) is 0.0833. The molecule has 4 heteroatoms. The van der Waals surface area contributed by atoms with E-state index in [1.807, 2.05) is 60.8 Å². The average Bonchev–Trinajstić information content (AvgIpc) is 2.74. The van der Waals surface area contributed by atoms with Crippen LogP contribution in [-0.4, -0.2) is 10.9 Å². The number of benzene rings is 3. The number of aryl methyl sites for hydroxylation is 1. The van der Waals surface area contributed by atoms with Crippen molar-refractivity contribution in [3.63, 3.8) is 0 Å². The second-order valence-corrected chi connectivity index (χ2v) is 6.84. The van der Waals surface area contributed by atoms with Gasteiger partial charge in [-0.05, 0) is 58.8 Å². The second-order valence-electron chi connectivity index (χ2n) is 6.84. The molecule has 1 amide bonds. The third-order valence-electron chi connectivity index (χ3n) is 4.90. The topological polar surface area (TPSA) is 68.0 Å². The van der Waals surface area contributed by atoms with E-state index in [0.29, 0.717) is 0 Å². The quantitative estimate of drug-likeness (QED) is 0.542. The first-order valence-electron chi connectivity index (χ1n) is 9.18. The molecule has 0 saturated heterocycles. The molecule has 0 aliphatic rings. The lowest BCUT2D eigenvalue weighted by Gasteiger charge is -2.15. The number of hydrogen-bond donors (Lipinski definition) is 2. The summed E-state index contributed by atoms with van der Waals surface area (Å²) in [6.07, 6.45) is 3.65. The first-order valence-corrected chi connectivity index (χ1v) is 9.18. The standard InChI is InChI=1S/C24H21N3O/c1-16-7-10-21(27-24(28)23(25)18-5-3-2-4-6-18)14-22(16)19-9-8-17-11-12-26-15-20(17)13-19/h2-15,23H,25H2,1H3,(H,27,28)/t23-/m1/s1. The van der Waals surface area contributed by atoms with E-state index < -0.39 is 6.04 Å². The summed E-state index contributed by atoms with van der Waals surface area (Å²) in [5.41, 5.74) is 10.9. The second kappa shape index (κ2) is 7.62. The molecule has 0 aliphatic carbocycles. The van der Waals surface area contributed by atoms with Crippen LogP contribution in [0.2, 0.25) is 0 Å². The molecule has 4 rings (SSSR count). The summed E-state index contributed by atoms with van der Waals surface area (Å²) in [6.45, 7) is 2.06. The Morgan fingerprint density at radius 1 is 0.964 bits per heavy atom. The van der Waals surface area contributed by atoms with Gasteiger partial charge in [0.05, 0.1) is 0 Å². The van der Waals surface area contributed by atoms with Gasteiger partial charge >= 0.3 is 0 Å². The largest absolute Gasteiger partial charge is 0.324 e. The summed E-state index contributed by atoms with van der Waals surface area (Å²) in [6, 6.07) is 22.8. The molecule has 0 bridgehead atoms. The SMILES string of the molecule is Cc1ccc(NC(=O)[C@H](N)c2ccccc2)cc1-c1ccc2ccncc2c1. The zero-order chi connectivity index (χ0) is 19.5. The number of hydrogen-bond acceptors (Lipinski definition) is 3. The van der Waals surface area contributed by atoms with Gasteiger partial charge in [-0.3, -0.25) is 9.78 Å². The summed E-state index contributed by atoms with van der Waals surface area (Å²) in [5, 5.41) is 5.17. The summed E-state index contributed by atoms with van der Waals surface area (Å²) in [7, 11) is 0. The maximum absolute atomic E-state index is 12.6. The molecule has 0 aliphatic heterocycles. The van der Waals surface area contributed by atoms with Crippen molar-refractivity contribution >= 4 is 22.4 Å². The fourth-order valence-corrected chi connectivity index (χ4v) is 3.30. The maximum atomic E-state index is 12.6. The molecule has 4 aromatic rings. The number of rotatable bonds is 4. The predicted octanol–water partition coefficient (Wildman–Crippen LogP) is 4.85. The molecular formula is C24H21N3O. The van der Waals surface area contributed by atoms with Crippen molar-refractivity contribution in [1.29, 1.82) is 0 Å². The van der Waals surface area contributed by atoms with E-state index in [1.165, 1.54) is 0 Å². The highest BCUT2D eigenvalue weighted by atomic mass is 16.2. The normalized spacial score (nSPS) is 11.9. The molecule has 1 heterocycles. The molecule has 0 spiro atoms. The van der Waals surface area contributed by atoms with Crippen LogP contribution in [0.1, 0.15) is 17.2 Å². The Hall–Kier alpha value is -3.50. The number of anilines is 1. The Kier molecular flexibility index (Phi) is 4.87. The van der Waals surface area contributed by atoms with Crippen LogP contribution in [-0.2, 0) is 4.79 Å². The van der Waals surface area contributed by atoms with E-state index in [-0.39, 0.29) is 5.91 Å². The number of nitrogens with two attached hydrogens (primary N) is 1. The van der Waals surface area contributed by atoms with Crippen LogP contribution in [0.3, 0.4) is 0 Å². The Balaban J connectivity index is 1.62. The van der Waals surface area contributed by atoms with Crippen LogP contribution in [0.25, 0.3) is 21.9 Å². The van der Waals surface area contributed by atoms with Crippen molar-refractivity contribution in [1.82, 2.24) is 4.98 Å². The van der Waals surface area contributed by atoms with Gasteiger partial charge in [0.15, 0.2) is 0 Å². The number of aromatic nitrogens is 1. The third-order valence-corrected chi connectivity index (χ3v) is 4.90. The number of pyridine rings is 1. The van der Waals surface area contributed by atoms with E-state index in [4.69, 9.17) is 5.73 Å². The van der Waals surface area contributed by atoms with Gasteiger partial charge in [-0.1, -0.05) is 48.5 Å². The molecule has 1 atom stereocenters. The first-order chi connectivity index (χ1) is 13.6. The van der Waals surface area contributed by atoms with Gasteiger partial charge in [-0.15, -0.1) is 0 Å². The Labute approximate surface area is 164 Å². The van der Waals surface area contributed by atoms with Gasteiger partial charge in [0.25, 0.3) is 0 Å². The fourth-order valence-electron chi connectivity index (χ4n) is 3.30. The molecule has 0 fully saturated rings. The molecule has 3 aromatic carbocycles. The number of nitrogens with one attached hydrogen (secondary N) is 1. The Morgan fingerprint density at radius 3 is 2.61 bits per heavy atom. The van der Waals surface area contributed by atoms with E-state index in [2.05, 4.69) is 35.4 Å². The van der Waals surface area contributed by atoms with Crippen LogP contribution in [0.15, 0.2) is 85.2 Å². The molecule has 0 unspecified atom stereocenters. The lowest BCUT2D eigenvalue weighted by molar-refractivity contribution is -0.117. The number of carbonyl (C=O) groups excluding carboxylic acids is 1. The van der Waals surface area contributed by atoms with Crippen molar-refractivity contribution in [3.8, 4) is 11.1 Å². The zero-order valence-electron chi connectivity index (χ0n) is 15.6. The van der Waals surface area contributed by atoms with Gasteiger partial charge in [-0.2, -0.15) is 0 Å². The van der Waals surface area contributed by atoms with Gasteiger partial charge in [-0.25, -0.2) is 0 Å². The van der Waals surface area contributed by atoms with Crippen molar-refractivity contribution in [2.24, 2.45) is 5.73 Å². The molecular weight excluding hydrogens is 346 g/mol. The summed E-state index contributed by atoms with van der Waals surface area (Å²) >= 11 is 0. The van der Waals surface area contributed by atoms with Gasteiger partial charge in [0.1, 0.15) is 6.04 Å². The minimum Gasteiger partial charge on any atom is -0.324 e. The molecule has 4 nitrogen and oxygen atoms in total. The molecule has 0 saturated carbocycles. The van der Waals surface area contributed by atoms with Crippen LogP contribution in [0.4, 0.5) is 5.69 Å². The lowest BCUT2D eigenvalue weighted by Crippen LogP contribution is -2.27. The van der Waals surface area contributed by atoms with Crippen molar-refractivity contribution in [3.05, 3.63) is 96.3 Å². The summed E-state index contributed by atoms with van der Waals surface area (Å²) in [4.78, 5) is 16.8. The summed E-state index contributed by atoms with van der Waals surface area (Å²) < 4.78 is 0. The van der Waals surface area contributed by atoms with E-state index in [1.54, 1.807) is 6.20 Å². The van der Waals surface area contributed by atoms with Crippen molar-refractivity contribution < 1.29 is 4.79 Å². The number of fused-ring (bicyclic) bond motifs is 1. The first kappa shape index (κ1) is 17.9. The smallest absolute Gasteiger partial charge is 0.245 e. The van der Waals surface area contributed by atoms with Gasteiger partial charge < -0.3 is 11.1 Å². The number of carbonyl (C=O) groups is 1. The minimum atomic E-state index is -0.710. The molecule has 0 radical (unpaired) electrons. The maximum Gasteiger partial charge on any atom is 0.245 e. The van der Waals surface area contributed by atoms with Crippen molar-refractivity contribution in [2.45, 2.75) is 13.0 Å². The number of amides is 1. The Morgan fingerprint density at radius 2 is 1.79 bits per heavy atom. The van der Waals surface area contributed by atoms with Gasteiger partial charge in [0.2, 0.25) is 5.91 Å². The average molecular weight is 367 g/mol. The minimum absolute atomic E-state index is 0.233. The zero-order valence-corrected chi connectivity index (χ0v) is 15.6. The molecule has 3 N–H and O–H groups in total. The van der Waals surface area contributed by atoms with Crippen LogP contribution < -0.4 is 11.1 Å². The van der Waals surface area contributed by atoms with E-state index >= 15 is 0 Å². The molecule has 28 heavy (non-hydrogen) atoms. The predicted molar refractivity (Wildman–Crippen MR) is 114 cm³/mol. The van der Waals surface area contributed by atoms with Crippen LogP contribution >= 0.6 is 0 Å². The van der Waals surface area contributed by atoms with Crippen LogP contribution in [0.5, 0.6) is 0 Å². The summed E-state index contributed by atoms with van der Waals surface area (Å²) in [5.74, 6) is -0.233.